The third kappa shape index (κ3) is 2.78. The molecule has 0 fully saturated rings. The number of hydrogen-bond donors (Lipinski definition) is 0. The number of nitrogens with zero attached hydrogens (tertiary/aromatic N) is 2. The highest BCUT2D eigenvalue weighted by atomic mass is 79.9. The van der Waals surface area contributed by atoms with Crippen LogP contribution < -0.4 is 0 Å². The van der Waals surface area contributed by atoms with E-state index in [9.17, 15) is 13.2 Å². The van der Waals surface area contributed by atoms with E-state index in [1.54, 1.807) is 18.2 Å². The molecule has 90 valence electrons. The third-order valence-corrected chi connectivity index (χ3v) is 2.56. The summed E-state index contributed by atoms with van der Waals surface area (Å²) < 4.78 is 42.1. The van der Waals surface area contributed by atoms with Gasteiger partial charge in [-0.15, -0.1) is 0 Å². The Labute approximate surface area is 106 Å². The smallest absolute Gasteiger partial charge is 0.422 e. The van der Waals surface area contributed by atoms with Crippen LogP contribution in [-0.2, 0) is 0 Å². The molecule has 0 amide bonds. The molecule has 0 bridgehead atoms. The van der Waals surface area contributed by atoms with E-state index in [-0.39, 0.29) is 0 Å². The molecule has 8 heteroatoms. The Balaban J connectivity index is 2.44. The summed E-state index contributed by atoms with van der Waals surface area (Å²) in [6.07, 6.45) is -4.71. The predicted molar refractivity (Wildman–Crippen MR) is 60.7 cm³/mol. The van der Waals surface area contributed by atoms with Crippen LogP contribution in [0.5, 0.6) is 0 Å². The lowest BCUT2D eigenvalue weighted by Gasteiger charge is -2.00. The molecule has 0 atom stereocenters. The Morgan fingerprint density at radius 2 is 2.12 bits per heavy atom. The molecular weight excluding hydrogens is 324 g/mol. The molecule has 0 aliphatic heterocycles. The first-order valence-corrected chi connectivity index (χ1v) is 5.41. The highest BCUT2D eigenvalue weighted by Gasteiger charge is 2.35. The van der Waals surface area contributed by atoms with E-state index in [1.165, 1.54) is 0 Å². The molecule has 0 saturated carbocycles. The van der Waals surface area contributed by atoms with E-state index in [2.05, 4.69) is 25.9 Å². The molecule has 3 nitrogen and oxygen atoms in total. The number of oxazole rings is 1. The van der Waals surface area contributed by atoms with E-state index >= 15 is 0 Å². The van der Waals surface area contributed by atoms with Gasteiger partial charge in [0.2, 0.25) is 5.17 Å². The van der Waals surface area contributed by atoms with Gasteiger partial charge in [0.05, 0.1) is 0 Å². The van der Waals surface area contributed by atoms with Crippen molar-refractivity contribution in [3.8, 4) is 0 Å². The second kappa shape index (κ2) is 4.30. The molecule has 0 aliphatic carbocycles. The van der Waals surface area contributed by atoms with Crippen LogP contribution in [0, 0.1) is 0 Å². The van der Waals surface area contributed by atoms with Crippen molar-refractivity contribution in [2.45, 2.75) is 6.18 Å². The first-order valence-electron chi connectivity index (χ1n) is 4.24. The average molecular weight is 327 g/mol. The van der Waals surface area contributed by atoms with Crippen molar-refractivity contribution in [2.24, 2.45) is 4.99 Å². The Bertz CT molecular complexity index is 593. The Hall–Kier alpha value is -1.08. The molecule has 0 aliphatic rings. The molecule has 1 heterocycles. The number of halogens is 5. The van der Waals surface area contributed by atoms with Crippen LogP contribution in [0.2, 0.25) is 0 Å². The normalized spacial score (nSPS) is 13.4. The first kappa shape index (κ1) is 12.4. The lowest BCUT2D eigenvalue weighted by molar-refractivity contribution is -0.0559. The van der Waals surface area contributed by atoms with Crippen molar-refractivity contribution in [1.29, 1.82) is 0 Å². The van der Waals surface area contributed by atoms with Crippen molar-refractivity contribution in [3.05, 3.63) is 22.7 Å². The first-order chi connectivity index (χ1) is 7.86. The van der Waals surface area contributed by atoms with Crippen LogP contribution in [-0.4, -0.2) is 16.3 Å². The van der Waals surface area contributed by atoms with Crippen molar-refractivity contribution in [3.63, 3.8) is 0 Å². The predicted octanol–water partition coefficient (Wildman–Crippen LogP) is 4.42. The number of aromatic nitrogens is 1. The zero-order chi connectivity index (χ0) is 12.6. The summed E-state index contributed by atoms with van der Waals surface area (Å²) in [4.78, 5) is 6.82. The standard InChI is InChI=1S/C9H3BrClF3N2O/c10-4-1-2-6-5(3-4)15-8(17-6)16-7(11)9(12,13)14/h1-3H. The number of alkyl halides is 3. The fraction of sp³-hybridized carbons (Fsp3) is 0.111. The largest absolute Gasteiger partial charge is 0.444 e. The van der Waals surface area contributed by atoms with E-state index in [4.69, 9.17) is 16.0 Å². The van der Waals surface area contributed by atoms with Gasteiger partial charge in [-0.3, -0.25) is 0 Å². The van der Waals surface area contributed by atoms with E-state index in [0.717, 1.165) is 4.47 Å². The summed E-state index contributed by atoms with van der Waals surface area (Å²) in [7, 11) is 0. The Morgan fingerprint density at radius 3 is 2.76 bits per heavy atom. The maximum Gasteiger partial charge on any atom is 0.444 e. The van der Waals surface area contributed by atoms with Gasteiger partial charge in [-0.2, -0.15) is 23.1 Å². The van der Waals surface area contributed by atoms with Gasteiger partial charge in [0.1, 0.15) is 5.52 Å². The zero-order valence-electron chi connectivity index (χ0n) is 7.92. The lowest BCUT2D eigenvalue weighted by atomic mass is 10.3. The molecule has 1 aromatic carbocycles. The van der Waals surface area contributed by atoms with E-state index in [1.807, 2.05) is 0 Å². The SMILES string of the molecule is FC(F)(F)C(Cl)=Nc1nc2cc(Br)ccc2o1. The third-order valence-electron chi connectivity index (χ3n) is 1.77. The van der Waals surface area contributed by atoms with Crippen LogP contribution in [0.4, 0.5) is 19.2 Å². The molecule has 0 spiro atoms. The number of hydrogen-bond acceptors (Lipinski definition) is 3. The molecule has 1 aromatic heterocycles. The number of aliphatic imine (C=N–C) groups is 1. The topological polar surface area (TPSA) is 38.4 Å². The number of benzene rings is 1. The minimum absolute atomic E-state index is 0.332. The number of fused-ring (bicyclic) bond motifs is 1. The van der Waals surface area contributed by atoms with Crippen LogP contribution in [0.1, 0.15) is 0 Å². The van der Waals surface area contributed by atoms with Crippen LogP contribution >= 0.6 is 27.5 Å². The molecule has 2 rings (SSSR count). The van der Waals surface area contributed by atoms with Crippen LogP contribution in [0.3, 0.4) is 0 Å². The lowest BCUT2D eigenvalue weighted by Crippen LogP contribution is -2.16. The van der Waals surface area contributed by atoms with E-state index in [0.29, 0.717) is 11.1 Å². The maximum atomic E-state index is 12.1. The fourth-order valence-electron chi connectivity index (χ4n) is 1.08. The molecular formula is C9H3BrClF3N2O. The summed E-state index contributed by atoms with van der Waals surface area (Å²) in [5.41, 5.74) is 0.725. The monoisotopic (exact) mass is 326 g/mol. The Morgan fingerprint density at radius 1 is 1.41 bits per heavy atom. The molecule has 0 unspecified atom stereocenters. The van der Waals surface area contributed by atoms with Gasteiger partial charge in [-0.25, -0.2) is 0 Å². The number of rotatable bonds is 1. The van der Waals surface area contributed by atoms with Crippen LogP contribution in [0.15, 0.2) is 32.1 Å². The van der Waals surface area contributed by atoms with Crippen LogP contribution in [0.25, 0.3) is 11.1 Å². The molecule has 0 N–H and O–H groups in total. The van der Waals surface area contributed by atoms with Gasteiger partial charge in [-0.1, -0.05) is 27.5 Å². The summed E-state index contributed by atoms with van der Waals surface area (Å²) in [6.45, 7) is 0. The van der Waals surface area contributed by atoms with Gasteiger partial charge < -0.3 is 4.42 Å². The minimum atomic E-state index is -4.71. The quantitative estimate of drug-likeness (QED) is 0.727. The van der Waals surface area contributed by atoms with Crippen molar-refractivity contribution >= 4 is 49.8 Å². The fourth-order valence-corrected chi connectivity index (χ4v) is 1.50. The average Bonchev–Trinajstić information content (AvgIpc) is 2.57. The van der Waals surface area contributed by atoms with Crippen molar-refractivity contribution in [2.75, 3.05) is 0 Å². The van der Waals surface area contributed by atoms with Crippen molar-refractivity contribution in [1.82, 2.24) is 4.98 Å². The van der Waals surface area contributed by atoms with Gasteiger partial charge in [0.25, 0.3) is 0 Å². The minimum Gasteiger partial charge on any atom is -0.422 e. The van der Waals surface area contributed by atoms with Crippen molar-refractivity contribution < 1.29 is 17.6 Å². The van der Waals surface area contributed by atoms with Gasteiger partial charge in [0, 0.05) is 4.47 Å². The molecule has 17 heavy (non-hydrogen) atoms. The highest BCUT2D eigenvalue weighted by Crippen LogP contribution is 2.27. The van der Waals surface area contributed by atoms with Gasteiger partial charge in [-0.05, 0) is 18.2 Å². The molecule has 0 saturated heterocycles. The zero-order valence-corrected chi connectivity index (χ0v) is 10.3. The summed E-state index contributed by atoms with van der Waals surface area (Å²) in [5, 5.41) is -1.52. The van der Waals surface area contributed by atoms with E-state index < -0.39 is 17.4 Å². The van der Waals surface area contributed by atoms with Gasteiger partial charge >= 0.3 is 12.2 Å². The van der Waals surface area contributed by atoms with Gasteiger partial charge in [0.15, 0.2) is 5.58 Å². The molecule has 0 radical (unpaired) electrons. The Kier molecular flexibility index (Phi) is 3.13. The second-order valence-electron chi connectivity index (χ2n) is 3.01. The summed E-state index contributed by atoms with van der Waals surface area (Å²) in [5.74, 6) is 0. The second-order valence-corrected chi connectivity index (χ2v) is 4.28. The highest BCUT2D eigenvalue weighted by molar-refractivity contribution is 9.10. The maximum absolute atomic E-state index is 12.1. The molecule has 2 aromatic rings. The summed E-state index contributed by atoms with van der Waals surface area (Å²) in [6, 6.07) is 4.40. The summed E-state index contributed by atoms with van der Waals surface area (Å²) >= 11 is 8.17.